The van der Waals surface area contributed by atoms with Gasteiger partial charge in [-0.25, -0.2) is 0 Å². The smallest absolute Gasteiger partial charge is 0.302 e. The van der Waals surface area contributed by atoms with E-state index in [2.05, 4.69) is 4.74 Å². The van der Waals surface area contributed by atoms with Gasteiger partial charge in [-0.3, -0.25) is 4.79 Å². The molecule has 0 spiro atoms. The fourth-order valence-electron chi connectivity index (χ4n) is 0.400. The lowest BCUT2D eigenvalue weighted by atomic mass is 10.4. The van der Waals surface area contributed by atoms with Crippen LogP contribution in [-0.2, 0) is 9.53 Å². The van der Waals surface area contributed by atoms with Crippen molar-refractivity contribution in [3.05, 3.63) is 12.2 Å². The molecule has 0 aliphatic carbocycles. The molecule has 0 aliphatic rings. The Bertz CT molecular complexity index is 106. The number of carbonyl (C=O) groups is 1. The van der Waals surface area contributed by atoms with Crippen LogP contribution < -0.4 is 0 Å². The van der Waals surface area contributed by atoms with E-state index >= 15 is 0 Å². The molecule has 0 saturated carbocycles. The zero-order valence-corrected chi connectivity index (χ0v) is 5.89. The largest absolute Gasteiger partial charge is 0.462 e. The summed E-state index contributed by atoms with van der Waals surface area (Å²) in [4.78, 5) is 10.2. The van der Waals surface area contributed by atoms with Gasteiger partial charge in [-0.05, 0) is 6.42 Å². The molecule has 0 atom stereocenters. The summed E-state index contributed by atoms with van der Waals surface area (Å²) >= 11 is 0. The van der Waals surface area contributed by atoms with Crippen LogP contribution in [0.1, 0.15) is 27.7 Å². The van der Waals surface area contributed by atoms with Crippen molar-refractivity contribution in [3.8, 4) is 0 Å². The van der Waals surface area contributed by atoms with Crippen molar-refractivity contribution in [2.24, 2.45) is 0 Å². The summed E-state index contributed by atoms with van der Waals surface area (Å²) in [6, 6.07) is 0. The van der Waals surface area contributed by atoms with Crippen molar-refractivity contribution in [1.29, 1.82) is 0 Å². The van der Waals surface area contributed by atoms with Crippen LogP contribution in [0.15, 0.2) is 12.2 Å². The van der Waals surface area contributed by atoms with Crippen LogP contribution >= 0.6 is 0 Å². The molecular weight excluding hydrogens is 128 g/mol. The summed E-state index contributed by atoms with van der Waals surface area (Å²) in [6.07, 6.45) is 4.78. The molecule has 0 radical (unpaired) electrons. The van der Waals surface area contributed by atoms with Crippen molar-refractivity contribution in [2.45, 2.75) is 27.7 Å². The SMILES string of the molecule is C.CC/C=C/COC(C)=O. The second-order valence-electron chi connectivity index (χ2n) is 1.68. The Morgan fingerprint density at radius 3 is 2.50 bits per heavy atom. The van der Waals surface area contributed by atoms with Gasteiger partial charge in [-0.1, -0.05) is 26.5 Å². The van der Waals surface area contributed by atoms with E-state index in [1.54, 1.807) is 0 Å². The third kappa shape index (κ3) is 10.2. The molecule has 0 amide bonds. The van der Waals surface area contributed by atoms with Gasteiger partial charge in [0.2, 0.25) is 0 Å². The monoisotopic (exact) mass is 144 g/mol. The molecule has 0 fully saturated rings. The first-order valence-electron chi connectivity index (χ1n) is 3.05. The maximum absolute atomic E-state index is 10.2. The number of ether oxygens (including phenoxy) is 1. The van der Waals surface area contributed by atoms with E-state index in [1.165, 1.54) is 6.92 Å². The summed E-state index contributed by atoms with van der Waals surface area (Å²) in [5.41, 5.74) is 0. The molecule has 0 aromatic carbocycles. The summed E-state index contributed by atoms with van der Waals surface area (Å²) in [6.45, 7) is 3.84. The number of esters is 1. The number of hydrogen-bond acceptors (Lipinski definition) is 2. The van der Waals surface area contributed by atoms with Crippen molar-refractivity contribution in [1.82, 2.24) is 0 Å². The maximum atomic E-state index is 10.2. The van der Waals surface area contributed by atoms with Crippen LogP contribution in [0.5, 0.6) is 0 Å². The van der Waals surface area contributed by atoms with E-state index in [4.69, 9.17) is 0 Å². The topological polar surface area (TPSA) is 26.3 Å². The van der Waals surface area contributed by atoms with Crippen molar-refractivity contribution >= 4 is 5.97 Å². The highest BCUT2D eigenvalue weighted by Crippen LogP contribution is 1.81. The summed E-state index contributed by atoms with van der Waals surface area (Å²) in [5, 5.41) is 0. The van der Waals surface area contributed by atoms with E-state index in [0.717, 1.165) is 6.42 Å². The van der Waals surface area contributed by atoms with Crippen molar-refractivity contribution < 1.29 is 9.53 Å². The van der Waals surface area contributed by atoms with Gasteiger partial charge >= 0.3 is 5.97 Å². The maximum Gasteiger partial charge on any atom is 0.302 e. The minimum absolute atomic E-state index is 0. The van der Waals surface area contributed by atoms with Gasteiger partial charge < -0.3 is 4.74 Å². The molecule has 0 aliphatic heterocycles. The molecule has 0 aromatic rings. The fourth-order valence-corrected chi connectivity index (χ4v) is 0.400. The molecule has 0 saturated heterocycles. The number of rotatable bonds is 3. The molecule has 0 N–H and O–H groups in total. The average molecular weight is 144 g/mol. The Morgan fingerprint density at radius 1 is 1.50 bits per heavy atom. The van der Waals surface area contributed by atoms with E-state index in [0.29, 0.717) is 6.61 Å². The summed E-state index contributed by atoms with van der Waals surface area (Å²) < 4.78 is 4.62. The lowest BCUT2D eigenvalue weighted by molar-refractivity contribution is -0.139. The lowest BCUT2D eigenvalue weighted by Gasteiger charge is -1.92. The minimum Gasteiger partial charge on any atom is -0.462 e. The van der Waals surface area contributed by atoms with Crippen LogP contribution in [0.4, 0.5) is 0 Å². The summed E-state index contributed by atoms with van der Waals surface area (Å²) in [5.74, 6) is -0.226. The zero-order chi connectivity index (χ0) is 7.11. The number of hydrogen-bond donors (Lipinski definition) is 0. The highest BCUT2D eigenvalue weighted by molar-refractivity contribution is 5.65. The Morgan fingerprint density at radius 2 is 2.10 bits per heavy atom. The van der Waals surface area contributed by atoms with Crippen molar-refractivity contribution in [3.63, 3.8) is 0 Å². The Labute approximate surface area is 62.9 Å². The second-order valence-corrected chi connectivity index (χ2v) is 1.68. The molecule has 10 heavy (non-hydrogen) atoms. The molecule has 0 unspecified atom stereocenters. The van der Waals surface area contributed by atoms with E-state index < -0.39 is 0 Å². The molecular formula is C8H16O2. The Balaban J connectivity index is 0. The minimum atomic E-state index is -0.226. The Hall–Kier alpha value is -0.790. The predicted octanol–water partition coefficient (Wildman–Crippen LogP) is 2.15. The second kappa shape index (κ2) is 8.21. The highest BCUT2D eigenvalue weighted by atomic mass is 16.5. The van der Waals surface area contributed by atoms with Crippen LogP contribution in [0.3, 0.4) is 0 Å². The number of carbonyl (C=O) groups excluding carboxylic acids is 1. The fraction of sp³-hybridized carbons (Fsp3) is 0.625. The lowest BCUT2D eigenvalue weighted by Crippen LogP contribution is -1.96. The highest BCUT2D eigenvalue weighted by Gasteiger charge is 1.84. The third-order valence-electron chi connectivity index (χ3n) is 0.785. The van der Waals surface area contributed by atoms with Gasteiger partial charge in [0.05, 0.1) is 0 Å². The van der Waals surface area contributed by atoms with Gasteiger partial charge in [-0.2, -0.15) is 0 Å². The molecule has 2 nitrogen and oxygen atoms in total. The van der Waals surface area contributed by atoms with Crippen LogP contribution in [-0.4, -0.2) is 12.6 Å². The molecule has 0 aromatic heterocycles. The third-order valence-corrected chi connectivity index (χ3v) is 0.785. The quantitative estimate of drug-likeness (QED) is 0.448. The molecule has 0 bridgehead atoms. The van der Waals surface area contributed by atoms with Gasteiger partial charge in [0, 0.05) is 6.92 Å². The van der Waals surface area contributed by atoms with Crippen LogP contribution in [0.25, 0.3) is 0 Å². The van der Waals surface area contributed by atoms with Gasteiger partial charge in [-0.15, -0.1) is 0 Å². The first-order chi connectivity index (χ1) is 4.27. The normalized spacial score (nSPS) is 9.00. The average Bonchev–Trinajstić information content (AvgIpc) is 1.80. The van der Waals surface area contributed by atoms with Gasteiger partial charge in [0.25, 0.3) is 0 Å². The standard InChI is InChI=1S/C7H12O2.CH4/c1-3-4-5-6-9-7(2)8;/h4-5H,3,6H2,1-2H3;1H4/b5-4+;. The van der Waals surface area contributed by atoms with E-state index in [9.17, 15) is 4.79 Å². The predicted molar refractivity (Wildman–Crippen MR) is 42.8 cm³/mol. The first-order valence-corrected chi connectivity index (χ1v) is 3.05. The number of allylic oxidation sites excluding steroid dienone is 1. The van der Waals surface area contributed by atoms with Gasteiger partial charge in [0.1, 0.15) is 6.61 Å². The van der Waals surface area contributed by atoms with Crippen LogP contribution in [0.2, 0.25) is 0 Å². The van der Waals surface area contributed by atoms with Crippen LogP contribution in [0, 0.1) is 0 Å². The van der Waals surface area contributed by atoms with E-state index in [1.807, 2.05) is 19.1 Å². The van der Waals surface area contributed by atoms with Crippen molar-refractivity contribution in [2.75, 3.05) is 6.61 Å². The summed E-state index contributed by atoms with van der Waals surface area (Å²) in [7, 11) is 0. The first kappa shape index (κ1) is 11.9. The molecule has 0 heterocycles. The zero-order valence-electron chi connectivity index (χ0n) is 5.89. The Kier molecular flexibility index (Phi) is 9.80. The molecule has 2 heteroatoms. The molecule has 0 rings (SSSR count). The van der Waals surface area contributed by atoms with Gasteiger partial charge in [0.15, 0.2) is 0 Å². The molecule has 60 valence electrons. The van der Waals surface area contributed by atoms with E-state index in [-0.39, 0.29) is 13.4 Å².